The van der Waals surface area contributed by atoms with Gasteiger partial charge in [0.25, 0.3) is 0 Å². The molecule has 2 aromatic rings. The molecule has 2 heterocycles. The highest BCUT2D eigenvalue weighted by atomic mass is 16.5. The van der Waals surface area contributed by atoms with E-state index in [-0.39, 0.29) is 24.8 Å². The molecule has 1 aliphatic rings. The van der Waals surface area contributed by atoms with Gasteiger partial charge in [-0.3, -0.25) is 9.59 Å². The van der Waals surface area contributed by atoms with Gasteiger partial charge in [0.05, 0.1) is 33.0 Å². The van der Waals surface area contributed by atoms with Crippen LogP contribution in [0.2, 0.25) is 0 Å². The molecule has 0 unspecified atom stereocenters. The normalized spacial score (nSPS) is 17.9. The second-order valence-corrected chi connectivity index (χ2v) is 9.24. The summed E-state index contributed by atoms with van der Waals surface area (Å²) in [6.45, 7) is 4.50. The average Bonchev–Trinajstić information content (AvgIpc) is 3.51. The molecule has 3 rings (SSSR count). The number of nitrogens with zero attached hydrogens (tertiary/aromatic N) is 3. The van der Waals surface area contributed by atoms with Gasteiger partial charge < -0.3 is 29.4 Å². The first-order chi connectivity index (χ1) is 17.9. The van der Waals surface area contributed by atoms with Crippen LogP contribution in [0.1, 0.15) is 64.0 Å². The molecule has 2 N–H and O–H groups in total. The molecule has 3 atom stereocenters. The molecule has 1 amide bonds. The number of likely N-dealkylation sites (tertiary alicyclic amines) is 1. The van der Waals surface area contributed by atoms with Crippen molar-refractivity contribution in [3.05, 3.63) is 42.4 Å². The van der Waals surface area contributed by atoms with Crippen molar-refractivity contribution in [2.24, 2.45) is 0 Å². The number of imidazole rings is 1. The molecule has 1 aromatic carbocycles. The second-order valence-electron chi connectivity index (χ2n) is 9.24. The molecule has 0 spiro atoms. The monoisotopic (exact) mass is 514 g/mol. The van der Waals surface area contributed by atoms with Crippen molar-refractivity contribution in [2.75, 3.05) is 26.0 Å². The maximum Gasteiger partial charge on any atom is 0.328 e. The number of unbranched alkanes of at least 4 members (excludes halogenated alkanes) is 3. The van der Waals surface area contributed by atoms with Crippen molar-refractivity contribution in [3.63, 3.8) is 0 Å². The highest BCUT2D eigenvalue weighted by molar-refractivity contribution is 5.87. The first-order valence-electron chi connectivity index (χ1n) is 12.9. The Hall–Kier alpha value is -3.56. The lowest BCUT2D eigenvalue weighted by Crippen LogP contribution is -2.44. The topological polar surface area (TPSA) is 126 Å². The summed E-state index contributed by atoms with van der Waals surface area (Å²) in [5, 5.41) is 0. The molecule has 1 aliphatic heterocycles. The summed E-state index contributed by atoms with van der Waals surface area (Å²) in [5.74, 6) is -0.0100. The van der Waals surface area contributed by atoms with Crippen LogP contribution >= 0.6 is 0 Å². The van der Waals surface area contributed by atoms with Crippen LogP contribution in [0.15, 0.2) is 36.8 Å². The number of esters is 2. The molecular formula is C27H38N4O6. The molecule has 37 heavy (non-hydrogen) atoms. The predicted octanol–water partition coefficient (Wildman–Crippen LogP) is 3.30. The number of amides is 1. The minimum absolute atomic E-state index is 0.180. The fourth-order valence-corrected chi connectivity index (χ4v) is 4.62. The fourth-order valence-electron chi connectivity index (χ4n) is 4.62. The Morgan fingerprint density at radius 3 is 2.51 bits per heavy atom. The Bertz CT molecular complexity index is 1040. The zero-order chi connectivity index (χ0) is 26.8. The van der Waals surface area contributed by atoms with E-state index in [0.29, 0.717) is 31.0 Å². The van der Waals surface area contributed by atoms with Gasteiger partial charge in [0.15, 0.2) is 0 Å². The molecule has 0 radical (unpaired) electrons. The van der Waals surface area contributed by atoms with Gasteiger partial charge in [-0.15, -0.1) is 0 Å². The SMILES string of the molecule is CCCCCC[C@H](C(=O)N1C[C@@H](Oc2ccc(CC(=O)OCC)cc2)C[C@H]1C(=O)OC)n1cnc(N)c1. The number of carbonyl (C=O) groups excluding carboxylic acids is 3. The average molecular weight is 515 g/mol. The van der Waals surface area contributed by atoms with Crippen LogP contribution in [0.3, 0.4) is 0 Å². The van der Waals surface area contributed by atoms with Gasteiger partial charge in [0, 0.05) is 12.6 Å². The number of carbonyl (C=O) groups is 3. The Kier molecular flexibility index (Phi) is 10.3. The lowest BCUT2D eigenvalue weighted by molar-refractivity contribution is -0.152. The number of methoxy groups -OCH3 is 1. The van der Waals surface area contributed by atoms with E-state index in [0.717, 1.165) is 31.2 Å². The number of ether oxygens (including phenoxy) is 3. The summed E-state index contributed by atoms with van der Waals surface area (Å²) in [6, 6.07) is 5.89. The number of nitrogens with two attached hydrogens (primary N) is 1. The van der Waals surface area contributed by atoms with E-state index in [2.05, 4.69) is 11.9 Å². The summed E-state index contributed by atoms with van der Waals surface area (Å²) in [7, 11) is 1.32. The van der Waals surface area contributed by atoms with E-state index in [1.54, 1.807) is 53.2 Å². The van der Waals surface area contributed by atoms with Gasteiger partial charge in [-0.1, -0.05) is 44.7 Å². The number of nitrogen functional groups attached to an aromatic ring is 1. The second kappa shape index (κ2) is 13.7. The molecular weight excluding hydrogens is 476 g/mol. The number of anilines is 1. The van der Waals surface area contributed by atoms with Gasteiger partial charge in [-0.05, 0) is 31.0 Å². The van der Waals surface area contributed by atoms with E-state index in [1.807, 2.05) is 0 Å². The quantitative estimate of drug-likeness (QED) is 0.319. The minimum Gasteiger partial charge on any atom is -0.488 e. The van der Waals surface area contributed by atoms with Crippen molar-refractivity contribution in [1.29, 1.82) is 0 Å². The van der Waals surface area contributed by atoms with Crippen LogP contribution in [0.4, 0.5) is 5.82 Å². The van der Waals surface area contributed by atoms with Crippen LogP contribution in [-0.2, 0) is 30.3 Å². The van der Waals surface area contributed by atoms with Gasteiger partial charge in [-0.25, -0.2) is 9.78 Å². The molecule has 0 bridgehead atoms. The maximum absolute atomic E-state index is 13.8. The standard InChI is InChI=1S/C27H38N4O6/c1-4-6-7-8-9-22(30-17-24(28)29-18-30)26(33)31-16-21(15-23(31)27(34)35-3)37-20-12-10-19(11-13-20)14-25(32)36-5-2/h10-13,17-18,21-23H,4-9,14-16,28H2,1-3H3/t21-,22+,23-/m0/s1. The number of hydrogen-bond donors (Lipinski definition) is 1. The summed E-state index contributed by atoms with van der Waals surface area (Å²) < 4.78 is 17.9. The van der Waals surface area contributed by atoms with E-state index in [4.69, 9.17) is 19.9 Å². The summed E-state index contributed by atoms with van der Waals surface area (Å²) in [6.07, 6.45) is 8.01. The zero-order valence-corrected chi connectivity index (χ0v) is 21.9. The van der Waals surface area contributed by atoms with Crippen LogP contribution in [0.25, 0.3) is 0 Å². The predicted molar refractivity (Wildman–Crippen MR) is 138 cm³/mol. The van der Waals surface area contributed by atoms with E-state index < -0.39 is 24.2 Å². The van der Waals surface area contributed by atoms with Gasteiger partial charge in [0.2, 0.25) is 5.91 Å². The van der Waals surface area contributed by atoms with E-state index >= 15 is 0 Å². The number of benzene rings is 1. The van der Waals surface area contributed by atoms with E-state index in [1.165, 1.54) is 7.11 Å². The first kappa shape index (κ1) is 28.0. The molecule has 1 fully saturated rings. The summed E-state index contributed by atoms with van der Waals surface area (Å²) in [5.41, 5.74) is 6.64. The van der Waals surface area contributed by atoms with Crippen LogP contribution in [-0.4, -0.2) is 64.7 Å². The third kappa shape index (κ3) is 7.71. The summed E-state index contributed by atoms with van der Waals surface area (Å²) >= 11 is 0. The highest BCUT2D eigenvalue weighted by Crippen LogP contribution is 2.29. The van der Waals surface area contributed by atoms with Crippen LogP contribution in [0, 0.1) is 0 Å². The third-order valence-electron chi connectivity index (χ3n) is 6.50. The number of rotatable bonds is 13. The van der Waals surface area contributed by atoms with Crippen molar-refractivity contribution in [2.45, 2.75) is 77.0 Å². The van der Waals surface area contributed by atoms with Crippen molar-refractivity contribution < 1.29 is 28.6 Å². The largest absolute Gasteiger partial charge is 0.488 e. The number of hydrogen-bond acceptors (Lipinski definition) is 8. The Balaban J connectivity index is 1.72. The molecule has 10 heteroatoms. The van der Waals surface area contributed by atoms with Crippen LogP contribution < -0.4 is 10.5 Å². The highest BCUT2D eigenvalue weighted by Gasteiger charge is 2.43. The fraction of sp³-hybridized carbons (Fsp3) is 0.556. The molecule has 10 nitrogen and oxygen atoms in total. The lowest BCUT2D eigenvalue weighted by atomic mass is 10.1. The molecule has 0 aliphatic carbocycles. The van der Waals surface area contributed by atoms with Gasteiger partial charge in [-0.2, -0.15) is 0 Å². The van der Waals surface area contributed by atoms with Crippen LogP contribution in [0.5, 0.6) is 5.75 Å². The molecule has 0 saturated carbocycles. The lowest BCUT2D eigenvalue weighted by Gasteiger charge is -2.28. The van der Waals surface area contributed by atoms with E-state index in [9.17, 15) is 14.4 Å². The molecule has 202 valence electrons. The maximum atomic E-state index is 13.8. The zero-order valence-electron chi connectivity index (χ0n) is 21.9. The Morgan fingerprint density at radius 1 is 1.14 bits per heavy atom. The first-order valence-corrected chi connectivity index (χ1v) is 12.9. The third-order valence-corrected chi connectivity index (χ3v) is 6.50. The summed E-state index contributed by atoms with van der Waals surface area (Å²) in [4.78, 5) is 43.8. The van der Waals surface area contributed by atoms with Gasteiger partial charge >= 0.3 is 11.9 Å². The minimum atomic E-state index is -0.746. The van der Waals surface area contributed by atoms with Gasteiger partial charge in [0.1, 0.15) is 29.8 Å². The molecule has 1 aromatic heterocycles. The molecule has 1 saturated heterocycles. The van der Waals surface area contributed by atoms with Crippen molar-refractivity contribution in [3.8, 4) is 5.75 Å². The van der Waals surface area contributed by atoms with Crippen molar-refractivity contribution >= 4 is 23.7 Å². The smallest absolute Gasteiger partial charge is 0.328 e. The Labute approximate surface area is 218 Å². The van der Waals surface area contributed by atoms with Crippen molar-refractivity contribution in [1.82, 2.24) is 14.5 Å². The number of aromatic nitrogens is 2. The Morgan fingerprint density at radius 2 is 1.89 bits per heavy atom.